The maximum atomic E-state index is 12.0. The van der Waals surface area contributed by atoms with Crippen molar-refractivity contribution >= 4 is 28.6 Å². The summed E-state index contributed by atoms with van der Waals surface area (Å²) in [5, 5.41) is 7.59. The van der Waals surface area contributed by atoms with Gasteiger partial charge >= 0.3 is 0 Å². The molecule has 0 unspecified atom stereocenters. The standard InChI is InChI=1S/C15H20N2O2S2/c1-11(2)9-19-7-4-6-16-14(18)12-10-21-15(17-12)13-5-3-8-20-13/h3,5,8,10-11H,4,6-7,9H2,1-2H3,(H,16,18). The molecule has 6 heteroatoms. The highest BCUT2D eigenvalue weighted by atomic mass is 32.1. The number of thiazole rings is 1. The van der Waals surface area contributed by atoms with E-state index in [-0.39, 0.29) is 5.91 Å². The first-order valence-corrected chi connectivity index (χ1v) is 8.78. The molecule has 2 aromatic rings. The van der Waals surface area contributed by atoms with Crippen molar-refractivity contribution < 1.29 is 9.53 Å². The van der Waals surface area contributed by atoms with Crippen LogP contribution in [0.4, 0.5) is 0 Å². The fourth-order valence-electron chi connectivity index (χ4n) is 1.68. The first-order valence-electron chi connectivity index (χ1n) is 7.02. The Hall–Kier alpha value is -1.24. The molecule has 0 aromatic carbocycles. The van der Waals surface area contributed by atoms with Gasteiger partial charge in [0.1, 0.15) is 10.7 Å². The van der Waals surface area contributed by atoms with Gasteiger partial charge in [0, 0.05) is 25.1 Å². The van der Waals surface area contributed by atoms with Crippen LogP contribution in [0, 0.1) is 5.92 Å². The number of amides is 1. The van der Waals surface area contributed by atoms with Crippen molar-refractivity contribution in [1.82, 2.24) is 10.3 Å². The van der Waals surface area contributed by atoms with Crippen molar-refractivity contribution in [3.8, 4) is 9.88 Å². The van der Waals surface area contributed by atoms with Crippen LogP contribution in [0.5, 0.6) is 0 Å². The van der Waals surface area contributed by atoms with Gasteiger partial charge in [-0.1, -0.05) is 19.9 Å². The van der Waals surface area contributed by atoms with Gasteiger partial charge in [0.2, 0.25) is 0 Å². The molecule has 1 amide bonds. The van der Waals surface area contributed by atoms with E-state index in [1.165, 1.54) is 11.3 Å². The number of thiophene rings is 1. The van der Waals surface area contributed by atoms with E-state index in [0.717, 1.165) is 22.9 Å². The molecule has 0 fully saturated rings. The zero-order valence-electron chi connectivity index (χ0n) is 12.3. The maximum Gasteiger partial charge on any atom is 0.270 e. The van der Waals surface area contributed by atoms with Crippen LogP contribution in [0.25, 0.3) is 9.88 Å². The molecular formula is C15H20N2O2S2. The van der Waals surface area contributed by atoms with E-state index in [9.17, 15) is 4.79 Å². The lowest BCUT2D eigenvalue weighted by Gasteiger charge is -2.07. The van der Waals surface area contributed by atoms with Gasteiger partial charge in [-0.25, -0.2) is 4.98 Å². The minimum absolute atomic E-state index is 0.113. The minimum Gasteiger partial charge on any atom is -0.381 e. The second-order valence-electron chi connectivity index (χ2n) is 5.09. The topological polar surface area (TPSA) is 51.2 Å². The Morgan fingerprint density at radius 2 is 2.29 bits per heavy atom. The van der Waals surface area contributed by atoms with Crippen LogP contribution >= 0.6 is 22.7 Å². The highest BCUT2D eigenvalue weighted by molar-refractivity contribution is 7.20. The molecule has 21 heavy (non-hydrogen) atoms. The largest absolute Gasteiger partial charge is 0.381 e. The number of nitrogens with zero attached hydrogens (tertiary/aromatic N) is 1. The quantitative estimate of drug-likeness (QED) is 0.754. The molecule has 2 rings (SSSR count). The Bertz CT molecular complexity index is 550. The second-order valence-corrected chi connectivity index (χ2v) is 6.90. The van der Waals surface area contributed by atoms with Crippen molar-refractivity contribution in [2.24, 2.45) is 5.92 Å². The Kier molecular flexibility index (Phi) is 6.35. The van der Waals surface area contributed by atoms with Crippen LogP contribution < -0.4 is 5.32 Å². The van der Waals surface area contributed by atoms with Crippen LogP contribution in [-0.4, -0.2) is 30.6 Å². The van der Waals surface area contributed by atoms with Gasteiger partial charge in [0.25, 0.3) is 5.91 Å². The van der Waals surface area contributed by atoms with Gasteiger partial charge in [0.15, 0.2) is 0 Å². The lowest BCUT2D eigenvalue weighted by Crippen LogP contribution is -2.25. The van der Waals surface area contributed by atoms with Gasteiger partial charge < -0.3 is 10.1 Å². The molecule has 0 radical (unpaired) electrons. The van der Waals surface area contributed by atoms with Crippen molar-refractivity contribution in [2.45, 2.75) is 20.3 Å². The van der Waals surface area contributed by atoms with Gasteiger partial charge in [-0.3, -0.25) is 4.79 Å². The van der Waals surface area contributed by atoms with Crippen molar-refractivity contribution in [3.63, 3.8) is 0 Å². The van der Waals surface area contributed by atoms with Crippen molar-refractivity contribution in [3.05, 3.63) is 28.6 Å². The molecule has 0 aliphatic rings. The lowest BCUT2D eigenvalue weighted by molar-refractivity contribution is 0.0921. The van der Waals surface area contributed by atoms with Gasteiger partial charge in [-0.05, 0) is 23.8 Å². The second kappa shape index (κ2) is 8.26. The van der Waals surface area contributed by atoms with Crippen molar-refractivity contribution in [2.75, 3.05) is 19.8 Å². The highest BCUT2D eigenvalue weighted by Gasteiger charge is 2.11. The molecule has 4 nitrogen and oxygen atoms in total. The van der Waals surface area contributed by atoms with E-state index in [1.807, 2.05) is 17.5 Å². The molecule has 2 heterocycles. The first kappa shape index (κ1) is 16.1. The summed E-state index contributed by atoms with van der Waals surface area (Å²) in [7, 11) is 0. The van der Waals surface area contributed by atoms with E-state index >= 15 is 0 Å². The molecular weight excluding hydrogens is 304 g/mol. The summed E-state index contributed by atoms with van der Waals surface area (Å²) in [6, 6.07) is 4.00. The molecule has 2 aromatic heterocycles. The summed E-state index contributed by atoms with van der Waals surface area (Å²) >= 11 is 3.13. The Morgan fingerprint density at radius 1 is 1.43 bits per heavy atom. The first-order chi connectivity index (χ1) is 10.2. The average Bonchev–Trinajstić information content (AvgIpc) is 3.11. The summed E-state index contributed by atoms with van der Waals surface area (Å²) < 4.78 is 5.47. The number of ether oxygens (including phenoxy) is 1. The minimum atomic E-state index is -0.113. The molecule has 1 N–H and O–H groups in total. The van der Waals surface area contributed by atoms with Crippen LogP contribution in [0.15, 0.2) is 22.9 Å². The Labute approximate surface area is 133 Å². The third-order valence-corrected chi connectivity index (χ3v) is 4.55. The monoisotopic (exact) mass is 324 g/mol. The summed E-state index contributed by atoms with van der Waals surface area (Å²) in [6.45, 7) is 6.30. The Morgan fingerprint density at radius 3 is 3.00 bits per heavy atom. The van der Waals surface area contributed by atoms with Crippen LogP contribution in [0.3, 0.4) is 0 Å². The number of carbonyl (C=O) groups excluding carboxylic acids is 1. The lowest BCUT2D eigenvalue weighted by atomic mass is 10.2. The zero-order chi connectivity index (χ0) is 15.1. The molecule has 0 atom stereocenters. The SMILES string of the molecule is CC(C)COCCCNC(=O)c1csc(-c2cccs2)n1. The van der Waals surface area contributed by atoms with E-state index in [0.29, 0.717) is 24.8 Å². The van der Waals surface area contributed by atoms with Gasteiger partial charge in [-0.15, -0.1) is 22.7 Å². The normalized spacial score (nSPS) is 11.0. The highest BCUT2D eigenvalue weighted by Crippen LogP contribution is 2.27. The van der Waals surface area contributed by atoms with E-state index < -0.39 is 0 Å². The molecule has 0 spiro atoms. The summed E-state index contributed by atoms with van der Waals surface area (Å²) in [5.74, 6) is 0.434. The molecule has 0 bridgehead atoms. The fraction of sp³-hybridized carbons (Fsp3) is 0.467. The molecule has 0 aliphatic carbocycles. The fourth-order valence-corrected chi connectivity index (χ4v) is 3.29. The molecule has 114 valence electrons. The van der Waals surface area contributed by atoms with Crippen LogP contribution in [0.1, 0.15) is 30.8 Å². The number of hydrogen-bond donors (Lipinski definition) is 1. The smallest absolute Gasteiger partial charge is 0.270 e. The number of hydrogen-bond acceptors (Lipinski definition) is 5. The zero-order valence-corrected chi connectivity index (χ0v) is 13.9. The van der Waals surface area contributed by atoms with Gasteiger partial charge in [0.05, 0.1) is 4.88 Å². The van der Waals surface area contributed by atoms with Crippen LogP contribution in [0.2, 0.25) is 0 Å². The number of carbonyl (C=O) groups is 1. The summed E-state index contributed by atoms with van der Waals surface area (Å²) in [6.07, 6.45) is 0.820. The molecule has 0 saturated carbocycles. The maximum absolute atomic E-state index is 12.0. The number of aromatic nitrogens is 1. The van der Waals surface area contributed by atoms with E-state index in [4.69, 9.17) is 4.74 Å². The number of nitrogens with one attached hydrogen (secondary N) is 1. The number of rotatable bonds is 8. The molecule has 0 aliphatic heterocycles. The average molecular weight is 324 g/mol. The van der Waals surface area contributed by atoms with E-state index in [2.05, 4.69) is 24.1 Å². The predicted molar refractivity (Wildman–Crippen MR) is 88.0 cm³/mol. The third kappa shape index (κ3) is 5.22. The summed E-state index contributed by atoms with van der Waals surface area (Å²) in [5.41, 5.74) is 0.492. The predicted octanol–water partition coefficient (Wildman–Crippen LogP) is 3.66. The third-order valence-electron chi connectivity index (χ3n) is 2.67. The van der Waals surface area contributed by atoms with Crippen LogP contribution in [-0.2, 0) is 4.74 Å². The van der Waals surface area contributed by atoms with Crippen molar-refractivity contribution in [1.29, 1.82) is 0 Å². The molecule has 0 saturated heterocycles. The van der Waals surface area contributed by atoms with E-state index in [1.54, 1.807) is 16.7 Å². The Balaban J connectivity index is 1.71. The van der Waals surface area contributed by atoms with Gasteiger partial charge in [-0.2, -0.15) is 0 Å². The summed E-state index contributed by atoms with van der Waals surface area (Å²) in [4.78, 5) is 17.4.